The summed E-state index contributed by atoms with van der Waals surface area (Å²) in [4.78, 5) is 69.9. The second-order valence-electron chi connectivity index (χ2n) is 6.48. The molecule has 1 aromatic heterocycles. The number of oxime groups is 1. The number of imide groups is 1. The van der Waals surface area contributed by atoms with E-state index in [-0.39, 0.29) is 33.9 Å². The normalized spacial score (nSPS) is 21.2. The molecule has 3 rings (SSSR count). The van der Waals surface area contributed by atoms with Gasteiger partial charge in [0.2, 0.25) is 17.7 Å². The Morgan fingerprint density at radius 2 is 1.97 bits per heavy atom. The maximum absolute atomic E-state index is 12.8. The van der Waals surface area contributed by atoms with Crippen LogP contribution in [0.4, 0.5) is 5.13 Å². The van der Waals surface area contributed by atoms with Gasteiger partial charge in [0.15, 0.2) is 23.1 Å². The number of alkyl halides is 1. The quantitative estimate of drug-likeness (QED) is 0.0878. The molecule has 2 fully saturated rings. The highest BCUT2D eigenvalue weighted by Gasteiger charge is 2.60. The Morgan fingerprint density at radius 1 is 1.33 bits per heavy atom. The lowest BCUT2D eigenvalue weighted by Gasteiger charge is -2.47. The second-order valence-corrected chi connectivity index (χ2v) is 8.89. The SMILES string of the molecule is CO/N=C(\C(=O)N[C@@H]1C(=O)N(S(=O)(=O)O)[C@@H]1N1C(=O)CCC1=O)c1csc(NC(=O)CCl)n1. The van der Waals surface area contributed by atoms with Gasteiger partial charge in [0.05, 0.1) is 0 Å². The molecule has 5 amide bonds. The van der Waals surface area contributed by atoms with Crippen molar-refractivity contribution in [3.05, 3.63) is 11.1 Å². The van der Waals surface area contributed by atoms with Gasteiger partial charge in [-0.2, -0.15) is 12.7 Å². The molecule has 2 atom stereocenters. The molecular weight excluding hydrogens is 508 g/mol. The van der Waals surface area contributed by atoms with Crippen molar-refractivity contribution in [2.45, 2.75) is 25.0 Å². The number of amides is 5. The van der Waals surface area contributed by atoms with Crippen LogP contribution in [0.5, 0.6) is 0 Å². The molecule has 0 radical (unpaired) electrons. The first-order chi connectivity index (χ1) is 15.5. The van der Waals surface area contributed by atoms with Gasteiger partial charge in [0, 0.05) is 18.2 Å². The Hall–Kier alpha value is -3.15. The minimum absolute atomic E-state index is 0.0746. The first kappa shape index (κ1) is 24.5. The van der Waals surface area contributed by atoms with Crippen molar-refractivity contribution in [2.24, 2.45) is 5.16 Å². The number of β-lactam (4-membered cyclic amide) rings is 1. The first-order valence-electron chi connectivity index (χ1n) is 8.89. The molecule has 3 heterocycles. The van der Waals surface area contributed by atoms with Crippen LogP contribution in [0.2, 0.25) is 0 Å². The second kappa shape index (κ2) is 9.38. The van der Waals surface area contributed by atoms with Crippen LogP contribution in [0.1, 0.15) is 18.5 Å². The fourth-order valence-corrected chi connectivity index (χ4v) is 4.68. The number of nitrogens with zero attached hydrogens (tertiary/aromatic N) is 4. The average Bonchev–Trinajstić information content (AvgIpc) is 3.33. The van der Waals surface area contributed by atoms with Crippen molar-refractivity contribution in [3.8, 4) is 0 Å². The molecule has 33 heavy (non-hydrogen) atoms. The van der Waals surface area contributed by atoms with Gasteiger partial charge in [0.1, 0.15) is 18.7 Å². The Labute approximate surface area is 194 Å². The van der Waals surface area contributed by atoms with Gasteiger partial charge in [0.25, 0.3) is 11.8 Å². The van der Waals surface area contributed by atoms with Crippen LogP contribution in [0.25, 0.3) is 0 Å². The van der Waals surface area contributed by atoms with Gasteiger partial charge in [-0.1, -0.05) is 5.16 Å². The number of hydrogen-bond donors (Lipinski definition) is 3. The Morgan fingerprint density at radius 3 is 2.52 bits per heavy atom. The van der Waals surface area contributed by atoms with Gasteiger partial charge >= 0.3 is 10.3 Å². The van der Waals surface area contributed by atoms with Gasteiger partial charge in [-0.15, -0.1) is 22.9 Å². The zero-order chi connectivity index (χ0) is 24.5. The molecule has 0 spiro atoms. The summed E-state index contributed by atoms with van der Waals surface area (Å²) in [6.45, 7) is 0. The summed E-state index contributed by atoms with van der Waals surface area (Å²) >= 11 is 6.33. The zero-order valence-corrected chi connectivity index (χ0v) is 18.9. The van der Waals surface area contributed by atoms with Crippen LogP contribution in [0.3, 0.4) is 0 Å². The molecule has 2 saturated heterocycles. The molecule has 2 aliphatic rings. The first-order valence-corrected chi connectivity index (χ1v) is 11.7. The molecule has 0 aromatic carbocycles. The van der Waals surface area contributed by atoms with Crippen LogP contribution in [-0.2, 0) is 39.1 Å². The van der Waals surface area contributed by atoms with Crippen molar-refractivity contribution in [1.82, 2.24) is 19.5 Å². The molecule has 178 valence electrons. The highest BCUT2D eigenvalue weighted by Crippen LogP contribution is 2.30. The fraction of sp³-hybridized carbons (Fsp3) is 0.400. The lowest BCUT2D eigenvalue weighted by molar-refractivity contribution is -0.162. The largest absolute Gasteiger partial charge is 0.398 e. The molecule has 0 unspecified atom stereocenters. The van der Waals surface area contributed by atoms with Crippen LogP contribution in [0.15, 0.2) is 10.5 Å². The molecule has 0 aliphatic carbocycles. The molecule has 0 bridgehead atoms. The van der Waals surface area contributed by atoms with Crippen molar-refractivity contribution in [1.29, 1.82) is 0 Å². The van der Waals surface area contributed by atoms with Crippen molar-refractivity contribution < 1.29 is 41.8 Å². The summed E-state index contributed by atoms with van der Waals surface area (Å²) in [5.74, 6) is -4.81. The number of aromatic nitrogens is 1. The number of anilines is 1. The summed E-state index contributed by atoms with van der Waals surface area (Å²) < 4.78 is 32.5. The predicted octanol–water partition coefficient (Wildman–Crippen LogP) is -1.72. The number of nitrogens with one attached hydrogen (secondary N) is 2. The number of thiazole rings is 1. The third-order valence-electron chi connectivity index (χ3n) is 4.42. The number of carbonyl (C=O) groups excluding carboxylic acids is 5. The van der Waals surface area contributed by atoms with E-state index in [0.717, 1.165) is 18.4 Å². The molecule has 15 nitrogen and oxygen atoms in total. The summed E-state index contributed by atoms with van der Waals surface area (Å²) in [6.07, 6.45) is -2.25. The van der Waals surface area contributed by atoms with Crippen LogP contribution < -0.4 is 10.6 Å². The molecule has 0 saturated carbocycles. The minimum Gasteiger partial charge on any atom is -0.398 e. The summed E-state index contributed by atoms with van der Waals surface area (Å²) in [5.41, 5.74) is -0.538. The number of likely N-dealkylation sites (tertiary alicyclic amines) is 1. The lowest BCUT2D eigenvalue weighted by atomic mass is 10.0. The molecular formula is C15H15ClN6O9S2. The van der Waals surface area contributed by atoms with Crippen molar-refractivity contribution in [2.75, 3.05) is 18.3 Å². The van der Waals surface area contributed by atoms with E-state index >= 15 is 0 Å². The highest BCUT2D eigenvalue weighted by molar-refractivity contribution is 7.84. The molecule has 2 aliphatic heterocycles. The standard InChI is InChI=1S/C15H15ClN6O9S2/c1-31-20-10(6-5-32-15(17-6)18-7(23)4-16)12(26)19-11-13(21-8(24)2-3-9(21)25)22(14(11)27)33(28,29)30/h5,11,13H,2-4H2,1H3,(H,19,26)(H,17,18,23)(H,28,29,30)/b20-10-/t11-,13-/m0/s1. The van der Waals surface area contributed by atoms with Crippen molar-refractivity contribution >= 4 is 73.6 Å². The van der Waals surface area contributed by atoms with Gasteiger partial charge in [-0.05, 0) is 0 Å². The Balaban J connectivity index is 1.86. The third-order valence-corrected chi connectivity index (χ3v) is 6.32. The highest BCUT2D eigenvalue weighted by atomic mass is 35.5. The van der Waals surface area contributed by atoms with E-state index < -0.39 is 57.8 Å². The van der Waals surface area contributed by atoms with Crippen molar-refractivity contribution in [3.63, 3.8) is 0 Å². The monoisotopic (exact) mass is 522 g/mol. The number of carbonyl (C=O) groups is 5. The maximum Gasteiger partial charge on any atom is 0.364 e. The summed E-state index contributed by atoms with van der Waals surface area (Å²) in [5, 5.41) is 9.49. The van der Waals surface area contributed by atoms with E-state index in [4.69, 9.17) is 11.6 Å². The van der Waals surface area contributed by atoms with E-state index in [9.17, 15) is 36.9 Å². The molecule has 18 heteroatoms. The molecule has 3 N–H and O–H groups in total. The van der Waals surface area contributed by atoms with E-state index in [2.05, 4.69) is 25.6 Å². The van der Waals surface area contributed by atoms with Crippen LogP contribution in [-0.4, -0.2) is 87.6 Å². The van der Waals surface area contributed by atoms with Crippen LogP contribution in [0, 0.1) is 0 Å². The summed E-state index contributed by atoms with van der Waals surface area (Å²) in [7, 11) is -4.02. The van der Waals surface area contributed by atoms with Crippen LogP contribution >= 0.6 is 22.9 Å². The topological polar surface area (TPSA) is 205 Å². The molecule has 1 aromatic rings. The lowest BCUT2D eigenvalue weighted by Crippen LogP contribution is -2.77. The summed E-state index contributed by atoms with van der Waals surface area (Å²) in [6, 6.07) is -1.69. The third kappa shape index (κ3) is 4.80. The smallest absolute Gasteiger partial charge is 0.364 e. The van der Waals surface area contributed by atoms with Gasteiger partial charge < -0.3 is 15.5 Å². The van der Waals surface area contributed by atoms with E-state index in [1.807, 2.05) is 0 Å². The van der Waals surface area contributed by atoms with E-state index in [1.54, 1.807) is 0 Å². The minimum atomic E-state index is -5.14. The van der Waals surface area contributed by atoms with Gasteiger partial charge in [-0.25, -0.2) is 4.98 Å². The fourth-order valence-electron chi connectivity index (χ4n) is 3.08. The Kier molecular flexibility index (Phi) is 6.96. The zero-order valence-electron chi connectivity index (χ0n) is 16.5. The number of halogens is 1. The number of hydrogen-bond acceptors (Lipinski definition) is 11. The predicted molar refractivity (Wildman–Crippen MR) is 110 cm³/mol. The van der Waals surface area contributed by atoms with E-state index in [1.165, 1.54) is 5.38 Å². The number of rotatable bonds is 8. The van der Waals surface area contributed by atoms with Gasteiger partial charge in [-0.3, -0.25) is 33.4 Å². The van der Waals surface area contributed by atoms with E-state index in [0.29, 0.717) is 4.90 Å². The maximum atomic E-state index is 12.8. The average molecular weight is 523 g/mol. The Bertz CT molecular complexity index is 1150.